The second kappa shape index (κ2) is 31.9. The molecule has 22 nitrogen and oxygen atoms in total. The lowest BCUT2D eigenvalue weighted by Gasteiger charge is -2.39. The van der Waals surface area contributed by atoms with E-state index >= 15 is 0 Å². The molecule has 8 amide bonds. The van der Waals surface area contributed by atoms with Gasteiger partial charge < -0.3 is 19.7 Å². The molecular weight excluding hydrogens is 1220 g/mol. The lowest BCUT2D eigenvalue weighted by atomic mass is 9.76. The van der Waals surface area contributed by atoms with E-state index in [1.807, 2.05) is 192 Å². The molecule has 6 aromatic carbocycles. The molecule has 8 aliphatic rings. The number of fused-ring (bicyclic) bond motifs is 2. The number of aliphatic carboxylic acids is 2. The molecular formula is C73H74N6O16. The van der Waals surface area contributed by atoms with Crippen molar-refractivity contribution in [2.75, 3.05) is 52.6 Å². The number of Topliss-reactive ketones (excluding diaryl/α,β-unsaturated/α-hetero) is 2. The van der Waals surface area contributed by atoms with Gasteiger partial charge in [-0.05, 0) is 72.9 Å². The van der Waals surface area contributed by atoms with Gasteiger partial charge in [0.25, 0.3) is 23.6 Å². The third-order valence-corrected chi connectivity index (χ3v) is 16.4. The number of ether oxygens (including phenoxy) is 2. The molecule has 0 spiro atoms. The van der Waals surface area contributed by atoms with Crippen LogP contribution in [0.2, 0.25) is 0 Å². The number of nitrogens with zero attached hydrogens (tertiary/aromatic N) is 6. The number of carboxylic acid groups (broad SMARTS) is 2. The highest BCUT2D eigenvalue weighted by Gasteiger charge is 2.74. The Morgan fingerprint density at radius 1 is 0.347 bits per heavy atom. The van der Waals surface area contributed by atoms with E-state index in [0.717, 1.165) is 98.8 Å². The largest absolute Gasteiger partial charge is 0.480 e. The van der Waals surface area contributed by atoms with Crippen LogP contribution in [0.5, 0.6) is 0 Å². The molecule has 95 heavy (non-hydrogen) atoms. The number of carboxylic acids is 2. The third kappa shape index (κ3) is 15.4. The van der Waals surface area contributed by atoms with E-state index in [4.69, 9.17) is 19.7 Å². The number of carbonyl (C=O) groups excluding carboxylic acids is 10. The van der Waals surface area contributed by atoms with Gasteiger partial charge in [-0.15, -0.1) is 0 Å². The minimum atomic E-state index is -1.20. The second-order valence-corrected chi connectivity index (χ2v) is 22.8. The predicted molar refractivity (Wildman–Crippen MR) is 346 cm³/mol. The van der Waals surface area contributed by atoms with Crippen LogP contribution in [0.15, 0.2) is 206 Å². The molecule has 6 atom stereocenters. The van der Waals surface area contributed by atoms with Crippen LogP contribution in [-0.2, 0) is 78.1 Å². The summed E-state index contributed by atoms with van der Waals surface area (Å²) >= 11 is 0. The molecule has 0 bridgehead atoms. The summed E-state index contributed by atoms with van der Waals surface area (Å²) in [6, 6.07) is 56.8. The number of likely N-dealkylation sites (tertiary alicyclic amines) is 2. The van der Waals surface area contributed by atoms with Crippen molar-refractivity contribution >= 4 is 70.8 Å². The minimum absolute atomic E-state index is 0. The Bertz CT molecular complexity index is 3310. The summed E-state index contributed by atoms with van der Waals surface area (Å²) in [5.41, 5.74) is 4.11. The smallest absolute Gasteiger partial charge is 0.323 e. The Labute approximate surface area is 549 Å². The predicted octanol–water partition coefficient (Wildman–Crippen LogP) is 6.20. The molecule has 0 aliphatic carbocycles. The van der Waals surface area contributed by atoms with Crippen molar-refractivity contribution in [1.29, 1.82) is 0 Å². The van der Waals surface area contributed by atoms with Crippen LogP contribution in [0.3, 0.4) is 0 Å². The maximum absolute atomic E-state index is 13.2. The van der Waals surface area contributed by atoms with Crippen LogP contribution in [0.1, 0.15) is 80.3 Å². The highest BCUT2D eigenvalue weighted by molar-refractivity contribution is 6.17. The monoisotopic (exact) mass is 1290 g/mol. The minimum Gasteiger partial charge on any atom is -0.480 e. The fourth-order valence-electron chi connectivity index (χ4n) is 12.4. The molecule has 0 radical (unpaired) electrons. The highest BCUT2D eigenvalue weighted by Crippen LogP contribution is 2.56. The van der Waals surface area contributed by atoms with E-state index in [9.17, 15) is 57.5 Å². The number of piperazine rings is 2. The Morgan fingerprint density at radius 3 is 0.747 bits per heavy atom. The van der Waals surface area contributed by atoms with E-state index in [1.165, 1.54) is 39.5 Å². The van der Waals surface area contributed by atoms with E-state index in [0.29, 0.717) is 4.90 Å². The van der Waals surface area contributed by atoms with Gasteiger partial charge in [0.1, 0.15) is 48.8 Å². The topological polar surface area (TPSA) is 283 Å². The Morgan fingerprint density at radius 2 is 0.547 bits per heavy atom. The van der Waals surface area contributed by atoms with Gasteiger partial charge in [-0.2, -0.15) is 0 Å². The van der Waals surface area contributed by atoms with Gasteiger partial charge in [-0.1, -0.05) is 189 Å². The van der Waals surface area contributed by atoms with E-state index in [1.54, 1.807) is 0 Å². The van der Waals surface area contributed by atoms with Crippen LogP contribution in [-0.4, -0.2) is 187 Å². The SMILES string of the molecule is C.C1CCOC1.C1CCOC1.CC(=O)CN1C(=O)C=CC1=O.CC(=O)CN1C(=O)[C@@H]2[C@H](C1=O)N2C(c1ccccc1)(c1ccccc1)c1ccccc1.O=C(O)CN1C(=O)C=CC1=O.O=C(O)CN1C(=O)[C@@H]2[C@H](C1=O)N2C(c1ccccc1)(c1ccccc1)c1ccccc1. The summed E-state index contributed by atoms with van der Waals surface area (Å²) in [5, 5.41) is 17.3. The van der Waals surface area contributed by atoms with Gasteiger partial charge >= 0.3 is 11.9 Å². The number of benzene rings is 6. The summed E-state index contributed by atoms with van der Waals surface area (Å²) in [6.45, 7) is 5.28. The third-order valence-electron chi connectivity index (χ3n) is 16.4. The molecule has 22 heteroatoms. The summed E-state index contributed by atoms with van der Waals surface area (Å²) in [7, 11) is 0. The molecule has 8 aliphatic heterocycles. The van der Waals surface area contributed by atoms with Crippen LogP contribution in [0.4, 0.5) is 0 Å². The first-order valence-electron chi connectivity index (χ1n) is 30.6. The number of carbonyl (C=O) groups is 12. The van der Waals surface area contributed by atoms with E-state index < -0.39 is 95.7 Å². The molecule has 2 N–H and O–H groups in total. The first-order valence-corrected chi connectivity index (χ1v) is 30.6. The molecule has 2 unspecified atom stereocenters. The van der Waals surface area contributed by atoms with Crippen LogP contribution in [0, 0.1) is 0 Å². The lowest BCUT2D eigenvalue weighted by molar-refractivity contribution is -0.151. The Balaban J connectivity index is 0.000000166. The average molecular weight is 1290 g/mol. The van der Waals surface area contributed by atoms with Crippen LogP contribution in [0.25, 0.3) is 0 Å². The van der Waals surface area contributed by atoms with Crippen LogP contribution < -0.4 is 0 Å². The Kier molecular flexibility index (Phi) is 23.6. The molecule has 6 saturated heterocycles. The Hall–Kier alpha value is -10.5. The van der Waals surface area contributed by atoms with Crippen molar-refractivity contribution in [2.45, 2.75) is 82.2 Å². The fraction of sp³-hybridized carbons (Fsp3) is 0.288. The van der Waals surface area contributed by atoms with Crippen molar-refractivity contribution in [3.8, 4) is 0 Å². The summed E-state index contributed by atoms with van der Waals surface area (Å²) in [5.74, 6) is -6.26. The molecule has 492 valence electrons. The van der Waals surface area contributed by atoms with Crippen molar-refractivity contribution in [1.82, 2.24) is 29.4 Å². The number of hydrogen-bond acceptors (Lipinski definition) is 16. The molecule has 0 saturated carbocycles. The number of imide groups is 4. The number of hydrogen-bond donors (Lipinski definition) is 2. The molecule has 14 rings (SSSR count). The van der Waals surface area contributed by atoms with Crippen LogP contribution >= 0.6 is 0 Å². The van der Waals surface area contributed by atoms with Gasteiger partial charge in [0.05, 0.1) is 24.2 Å². The molecule has 0 aromatic heterocycles. The molecule has 6 fully saturated rings. The number of ketones is 2. The van der Waals surface area contributed by atoms with Gasteiger partial charge in [0, 0.05) is 50.7 Å². The number of amides is 8. The molecule has 6 aromatic rings. The van der Waals surface area contributed by atoms with Crippen molar-refractivity contribution in [3.63, 3.8) is 0 Å². The fourth-order valence-corrected chi connectivity index (χ4v) is 12.4. The quantitative estimate of drug-likeness (QED) is 0.0619. The van der Waals surface area contributed by atoms with Crippen molar-refractivity contribution < 1.29 is 77.2 Å². The number of rotatable bonds is 16. The molecule has 8 heterocycles. The van der Waals surface area contributed by atoms with Gasteiger partial charge in [0.15, 0.2) is 0 Å². The summed E-state index contributed by atoms with van der Waals surface area (Å²) in [6.07, 6.45) is 9.52. The maximum atomic E-state index is 13.2. The first kappa shape index (κ1) is 70.4. The highest BCUT2D eigenvalue weighted by atomic mass is 16.5. The average Bonchev–Trinajstić information content (AvgIpc) is 1.51. The summed E-state index contributed by atoms with van der Waals surface area (Å²) < 4.78 is 9.89. The second-order valence-electron chi connectivity index (χ2n) is 22.8. The van der Waals surface area contributed by atoms with Gasteiger partial charge in [-0.3, -0.25) is 86.9 Å². The maximum Gasteiger partial charge on any atom is 0.323 e. The van der Waals surface area contributed by atoms with Gasteiger partial charge in [0.2, 0.25) is 23.6 Å². The zero-order valence-electron chi connectivity index (χ0n) is 51.7. The van der Waals surface area contributed by atoms with Crippen molar-refractivity contribution in [2.24, 2.45) is 0 Å². The standard InChI is InChI=1S/C26H22N2O3.C25H20N2O4.C7H7NO3.C6H5NO4.2C4H8O.CH4/c1-18(29)17-27-24(30)22-23(25(27)31)28(22)26(19-11-5-2-6-12-19,20-13-7-3-8-14-20)21-15-9-4-10-16-21;28-20(29)16-26-23(30)21-22(24(26)31)27(21)25(17-10-4-1-5-11-17,18-12-6-2-7-13-18)19-14-8-3-9-15-19;1-5(9)4-8-6(10)2-3-7(8)11;8-4-1-2-5(9)7(4)3-6(10)11;2*1-2-4-5-3-1;/h2-16,22-23H,17H2,1H3;1-15,21-22H,16H2,(H,28,29);2-3H,4H2,1H3;1-2H,3H2,(H,10,11);2*1-4H2;1H4/t22-,23+,28?;21-,22+,27?;;;;;. The lowest BCUT2D eigenvalue weighted by Crippen LogP contribution is -2.48. The first-order chi connectivity index (χ1) is 45.3. The van der Waals surface area contributed by atoms with E-state index in [2.05, 4.69) is 0 Å². The zero-order valence-corrected chi connectivity index (χ0v) is 51.7. The van der Waals surface area contributed by atoms with E-state index in [-0.39, 0.29) is 43.9 Å². The van der Waals surface area contributed by atoms with Gasteiger partial charge in [-0.25, -0.2) is 0 Å². The van der Waals surface area contributed by atoms with Crippen molar-refractivity contribution in [3.05, 3.63) is 240 Å². The summed E-state index contributed by atoms with van der Waals surface area (Å²) in [4.78, 5) is 146. The normalized spacial score (nSPS) is 20.9. The zero-order chi connectivity index (χ0) is 67.1.